The molecule has 4 heteroatoms. The third kappa shape index (κ3) is 3.84. The number of ether oxygens (including phenoxy) is 1. The fourth-order valence-electron chi connectivity index (χ4n) is 7.63. The number of aromatic hydroxyl groups is 1. The summed E-state index contributed by atoms with van der Waals surface area (Å²) in [5.74, 6) is 2.62. The van der Waals surface area contributed by atoms with E-state index in [-0.39, 0.29) is 11.2 Å². The Labute approximate surface area is 206 Å². The first-order valence-corrected chi connectivity index (χ1v) is 12.8. The predicted molar refractivity (Wildman–Crippen MR) is 138 cm³/mol. The van der Waals surface area contributed by atoms with Gasteiger partial charge in [0.25, 0.3) is 0 Å². The Kier molecular flexibility index (Phi) is 5.43. The maximum absolute atomic E-state index is 14.4. The van der Waals surface area contributed by atoms with Gasteiger partial charge in [0.15, 0.2) is 11.6 Å². The van der Waals surface area contributed by atoms with E-state index in [1.54, 1.807) is 12.3 Å². The molecule has 0 amide bonds. The summed E-state index contributed by atoms with van der Waals surface area (Å²) in [7, 11) is 1.48. The van der Waals surface area contributed by atoms with Gasteiger partial charge in [-0.3, -0.25) is 4.99 Å². The minimum Gasteiger partial charge on any atom is -0.507 e. The van der Waals surface area contributed by atoms with E-state index in [1.807, 2.05) is 36.4 Å². The van der Waals surface area contributed by atoms with Crippen LogP contribution in [-0.4, -0.2) is 18.4 Å². The van der Waals surface area contributed by atoms with Crippen molar-refractivity contribution < 1.29 is 14.2 Å². The molecule has 0 aliphatic heterocycles. The number of halogens is 1. The first-order valence-electron chi connectivity index (χ1n) is 12.8. The number of aryl methyl sites for hydroxylation is 1. The van der Waals surface area contributed by atoms with Gasteiger partial charge in [-0.05, 0) is 92.4 Å². The molecule has 3 aromatic rings. The summed E-state index contributed by atoms with van der Waals surface area (Å²) in [6.07, 6.45) is 9.50. The van der Waals surface area contributed by atoms with Gasteiger partial charge in [0.05, 0.1) is 12.8 Å². The van der Waals surface area contributed by atoms with E-state index < -0.39 is 5.82 Å². The molecule has 3 nitrogen and oxygen atoms in total. The van der Waals surface area contributed by atoms with Crippen LogP contribution in [-0.2, 0) is 5.41 Å². The second-order valence-corrected chi connectivity index (χ2v) is 11.0. The van der Waals surface area contributed by atoms with Crippen molar-refractivity contribution in [2.75, 3.05) is 7.11 Å². The summed E-state index contributed by atoms with van der Waals surface area (Å²) >= 11 is 0. The molecule has 0 unspecified atom stereocenters. The van der Waals surface area contributed by atoms with Crippen molar-refractivity contribution in [2.24, 2.45) is 22.7 Å². The molecule has 4 aliphatic carbocycles. The van der Waals surface area contributed by atoms with Crippen molar-refractivity contribution in [3.05, 3.63) is 77.1 Å². The van der Waals surface area contributed by atoms with Crippen LogP contribution in [0.25, 0.3) is 11.1 Å². The van der Waals surface area contributed by atoms with Crippen LogP contribution < -0.4 is 4.74 Å². The number of phenols is 1. The lowest BCUT2D eigenvalue weighted by Crippen LogP contribution is -2.48. The molecule has 0 saturated heterocycles. The largest absolute Gasteiger partial charge is 0.507 e. The Bertz CT molecular complexity index is 1280. The summed E-state index contributed by atoms with van der Waals surface area (Å²) in [4.78, 5) is 4.78. The van der Waals surface area contributed by atoms with Gasteiger partial charge >= 0.3 is 0 Å². The number of nitrogens with zero attached hydrogens (tertiary/aromatic N) is 1. The number of hydrogen-bond donors (Lipinski definition) is 1. The molecular formula is C31H32FNO2. The zero-order chi connectivity index (χ0) is 24.2. The average Bonchev–Trinajstić information content (AvgIpc) is 2.83. The maximum Gasteiger partial charge on any atom is 0.165 e. The topological polar surface area (TPSA) is 41.8 Å². The second kappa shape index (κ2) is 8.51. The molecule has 0 heterocycles. The lowest BCUT2D eigenvalue weighted by Gasteiger charge is -2.57. The Morgan fingerprint density at radius 3 is 2.29 bits per heavy atom. The van der Waals surface area contributed by atoms with Gasteiger partial charge in [0.1, 0.15) is 5.75 Å². The van der Waals surface area contributed by atoms with E-state index in [0.29, 0.717) is 17.0 Å². The highest BCUT2D eigenvalue weighted by atomic mass is 19.1. The number of aliphatic imine (C=N–C) groups is 1. The predicted octanol–water partition coefficient (Wildman–Crippen LogP) is 7.73. The maximum atomic E-state index is 14.4. The van der Waals surface area contributed by atoms with Gasteiger partial charge in [0, 0.05) is 28.5 Å². The van der Waals surface area contributed by atoms with Crippen molar-refractivity contribution in [2.45, 2.75) is 50.9 Å². The Morgan fingerprint density at radius 2 is 1.60 bits per heavy atom. The lowest BCUT2D eigenvalue weighted by molar-refractivity contribution is -0.00616. The Hall–Kier alpha value is -3.14. The van der Waals surface area contributed by atoms with Gasteiger partial charge in [-0.15, -0.1) is 0 Å². The monoisotopic (exact) mass is 469 g/mol. The third-order valence-corrected chi connectivity index (χ3v) is 8.60. The highest BCUT2D eigenvalue weighted by Crippen LogP contribution is 2.62. The molecule has 0 atom stereocenters. The number of hydrogen-bond acceptors (Lipinski definition) is 3. The van der Waals surface area contributed by atoms with Crippen molar-refractivity contribution in [3.8, 4) is 22.6 Å². The Morgan fingerprint density at radius 1 is 0.943 bits per heavy atom. The molecule has 3 aromatic carbocycles. The van der Waals surface area contributed by atoms with Crippen molar-refractivity contribution >= 4 is 11.9 Å². The van der Waals surface area contributed by atoms with Gasteiger partial charge in [-0.1, -0.05) is 36.4 Å². The lowest BCUT2D eigenvalue weighted by atomic mass is 9.48. The van der Waals surface area contributed by atoms with Crippen molar-refractivity contribution in [3.63, 3.8) is 0 Å². The standard InChI is InChI=1S/C31H32FNO2/c1-19-10-23(29(34)26(11-19)31-15-20-12-21(16-31)14-22(13-20)17-31)18-33-28-9-4-3-6-24(28)25-7-5-8-27(32)30(25)35-2/h3-11,18,20-22,34H,12-17H2,1-2H3. The van der Waals surface area contributed by atoms with E-state index in [4.69, 9.17) is 9.73 Å². The fourth-order valence-corrected chi connectivity index (χ4v) is 7.63. The summed E-state index contributed by atoms with van der Waals surface area (Å²) < 4.78 is 19.7. The molecule has 4 fully saturated rings. The zero-order valence-corrected chi connectivity index (χ0v) is 20.4. The normalized spacial score (nSPS) is 27.0. The van der Waals surface area contributed by atoms with E-state index in [9.17, 15) is 9.50 Å². The van der Waals surface area contributed by atoms with E-state index in [1.165, 1.54) is 51.7 Å². The Balaban J connectivity index is 1.39. The van der Waals surface area contributed by atoms with Crippen LogP contribution in [0.4, 0.5) is 10.1 Å². The number of methoxy groups -OCH3 is 1. The van der Waals surface area contributed by atoms with Crippen molar-refractivity contribution in [1.29, 1.82) is 0 Å². The third-order valence-electron chi connectivity index (χ3n) is 8.60. The van der Waals surface area contributed by atoms with E-state index in [0.717, 1.165) is 40.0 Å². The average molecular weight is 470 g/mol. The molecule has 0 spiro atoms. The van der Waals surface area contributed by atoms with Crippen LogP contribution >= 0.6 is 0 Å². The molecular weight excluding hydrogens is 437 g/mol. The van der Waals surface area contributed by atoms with Gasteiger partial charge in [-0.25, -0.2) is 4.39 Å². The summed E-state index contributed by atoms with van der Waals surface area (Å²) in [6, 6.07) is 16.8. The fraction of sp³-hybridized carbons (Fsp3) is 0.387. The quantitative estimate of drug-likeness (QED) is 0.388. The zero-order valence-electron chi connectivity index (χ0n) is 20.4. The van der Waals surface area contributed by atoms with Gasteiger partial charge in [-0.2, -0.15) is 0 Å². The highest BCUT2D eigenvalue weighted by Gasteiger charge is 2.52. The smallest absolute Gasteiger partial charge is 0.165 e. The summed E-state index contributed by atoms with van der Waals surface area (Å²) in [5, 5.41) is 11.5. The van der Waals surface area contributed by atoms with E-state index >= 15 is 0 Å². The van der Waals surface area contributed by atoms with Gasteiger partial charge in [0.2, 0.25) is 0 Å². The minimum absolute atomic E-state index is 0.111. The molecule has 7 rings (SSSR count). The van der Waals surface area contributed by atoms with Crippen LogP contribution in [0.1, 0.15) is 55.2 Å². The molecule has 4 aliphatic rings. The van der Waals surface area contributed by atoms with Crippen LogP contribution in [0.5, 0.6) is 11.5 Å². The first kappa shape index (κ1) is 22.3. The minimum atomic E-state index is -0.402. The number of phenolic OH excluding ortho intramolecular Hbond substituents is 1. The summed E-state index contributed by atoms with van der Waals surface area (Å²) in [6.45, 7) is 2.10. The van der Waals surface area contributed by atoms with Gasteiger partial charge < -0.3 is 9.84 Å². The second-order valence-electron chi connectivity index (χ2n) is 11.0. The summed E-state index contributed by atoms with van der Waals surface area (Å²) in [5.41, 5.74) is 5.27. The molecule has 0 aromatic heterocycles. The van der Waals surface area contributed by atoms with Crippen molar-refractivity contribution in [1.82, 2.24) is 0 Å². The SMILES string of the molecule is COc1c(F)cccc1-c1ccccc1N=Cc1cc(C)cc(C23CC4CC(CC(C4)C2)C3)c1O. The number of benzene rings is 3. The number of para-hydroxylation sites is 2. The molecule has 35 heavy (non-hydrogen) atoms. The van der Waals surface area contributed by atoms with Crippen LogP contribution in [0.15, 0.2) is 59.6 Å². The number of rotatable bonds is 5. The van der Waals surface area contributed by atoms with Crippen LogP contribution in [0.3, 0.4) is 0 Å². The molecule has 4 saturated carbocycles. The molecule has 180 valence electrons. The highest BCUT2D eigenvalue weighted by molar-refractivity contribution is 5.90. The molecule has 0 radical (unpaired) electrons. The molecule has 1 N–H and O–H groups in total. The first-order chi connectivity index (χ1) is 17.0. The van der Waals surface area contributed by atoms with E-state index in [2.05, 4.69) is 13.0 Å². The van der Waals surface area contributed by atoms with Crippen LogP contribution in [0.2, 0.25) is 0 Å². The van der Waals surface area contributed by atoms with Crippen LogP contribution in [0, 0.1) is 30.5 Å². The molecule has 4 bridgehead atoms.